The molecule has 1 aliphatic heterocycles. The van der Waals surface area contributed by atoms with Crippen molar-refractivity contribution < 1.29 is 22.3 Å². The Balaban J connectivity index is 1.89. The van der Waals surface area contributed by atoms with Crippen LogP contribution in [0.2, 0.25) is 0 Å². The van der Waals surface area contributed by atoms with Crippen LogP contribution in [0.1, 0.15) is 24.9 Å². The van der Waals surface area contributed by atoms with Gasteiger partial charge in [0.2, 0.25) is 5.91 Å². The molecular weight excluding hydrogens is 341 g/mol. The molecular formula is C15H20FNO4S2. The maximum absolute atomic E-state index is 13.4. The van der Waals surface area contributed by atoms with Gasteiger partial charge in [-0.3, -0.25) is 4.79 Å². The molecule has 1 heterocycles. The third-order valence-electron chi connectivity index (χ3n) is 3.68. The monoisotopic (exact) mass is 361 g/mol. The molecule has 1 aromatic rings. The van der Waals surface area contributed by atoms with Crippen molar-refractivity contribution in [3.63, 3.8) is 0 Å². The van der Waals surface area contributed by atoms with Crippen LogP contribution in [-0.2, 0) is 14.6 Å². The van der Waals surface area contributed by atoms with Crippen molar-refractivity contribution in [1.29, 1.82) is 0 Å². The van der Waals surface area contributed by atoms with Crippen molar-refractivity contribution in [2.45, 2.75) is 24.6 Å². The molecule has 0 spiro atoms. The third kappa shape index (κ3) is 5.10. The average molecular weight is 361 g/mol. The lowest BCUT2D eigenvalue weighted by molar-refractivity contribution is -0.119. The van der Waals surface area contributed by atoms with E-state index in [4.69, 9.17) is 4.74 Å². The molecule has 1 saturated heterocycles. The zero-order chi connectivity index (χ0) is 17.0. The van der Waals surface area contributed by atoms with Crippen molar-refractivity contribution >= 4 is 27.5 Å². The van der Waals surface area contributed by atoms with Gasteiger partial charge in [0.1, 0.15) is 11.6 Å². The molecule has 2 rings (SSSR count). The van der Waals surface area contributed by atoms with E-state index in [1.807, 2.05) is 0 Å². The molecule has 2 atom stereocenters. The van der Waals surface area contributed by atoms with Gasteiger partial charge in [0, 0.05) is 10.8 Å². The highest BCUT2D eigenvalue weighted by Gasteiger charge is 2.28. The second kappa shape index (κ2) is 7.53. The molecule has 0 bridgehead atoms. The lowest BCUT2D eigenvalue weighted by atomic mass is 10.1. The summed E-state index contributed by atoms with van der Waals surface area (Å²) in [6.45, 7) is 1.75. The summed E-state index contributed by atoms with van der Waals surface area (Å²) in [4.78, 5) is 12.0. The van der Waals surface area contributed by atoms with Crippen molar-refractivity contribution in [2.24, 2.45) is 0 Å². The molecule has 23 heavy (non-hydrogen) atoms. The van der Waals surface area contributed by atoms with Crippen LogP contribution >= 0.6 is 11.8 Å². The van der Waals surface area contributed by atoms with Crippen molar-refractivity contribution in [1.82, 2.24) is 5.32 Å². The Kier molecular flexibility index (Phi) is 5.91. The third-order valence-corrected chi connectivity index (χ3v) is 6.96. The smallest absolute Gasteiger partial charge is 0.230 e. The molecule has 0 aliphatic carbocycles. The first-order valence-corrected chi connectivity index (χ1v) is 10.1. The van der Waals surface area contributed by atoms with Crippen LogP contribution in [0.15, 0.2) is 18.2 Å². The Morgan fingerprint density at radius 3 is 2.87 bits per heavy atom. The Bertz CT molecular complexity index is 678. The predicted octanol–water partition coefficient (Wildman–Crippen LogP) is 1.93. The quantitative estimate of drug-likeness (QED) is 0.838. The Morgan fingerprint density at radius 2 is 2.26 bits per heavy atom. The summed E-state index contributed by atoms with van der Waals surface area (Å²) in [5.41, 5.74) is 0.564. The number of carbonyl (C=O) groups excluding carboxylic acids is 1. The number of methoxy groups -OCH3 is 1. The minimum Gasteiger partial charge on any atom is -0.496 e. The normalized spacial score (nSPS) is 20.9. The fourth-order valence-corrected chi connectivity index (χ4v) is 5.94. The van der Waals surface area contributed by atoms with Crippen LogP contribution in [0, 0.1) is 5.82 Å². The Labute approximate surface area is 139 Å². The van der Waals surface area contributed by atoms with E-state index >= 15 is 0 Å². The van der Waals surface area contributed by atoms with E-state index in [0.29, 0.717) is 17.7 Å². The predicted molar refractivity (Wildman–Crippen MR) is 89.0 cm³/mol. The number of nitrogens with one attached hydrogen (secondary N) is 1. The summed E-state index contributed by atoms with van der Waals surface area (Å²) >= 11 is 1.35. The molecule has 1 N–H and O–H groups in total. The SMILES string of the molecule is COc1ccc(F)cc1[C@H](C)NC(=O)CS[C@H]1CCS(=O)(=O)C1. The van der Waals surface area contributed by atoms with Gasteiger partial charge in [0.15, 0.2) is 9.84 Å². The van der Waals surface area contributed by atoms with Gasteiger partial charge in [0.25, 0.3) is 0 Å². The molecule has 1 fully saturated rings. The summed E-state index contributed by atoms with van der Waals surface area (Å²) in [5, 5.41) is 2.76. The first-order chi connectivity index (χ1) is 10.8. The number of sulfone groups is 1. The van der Waals surface area contributed by atoms with Crippen LogP contribution in [0.25, 0.3) is 0 Å². The molecule has 1 aromatic carbocycles. The van der Waals surface area contributed by atoms with Gasteiger partial charge in [-0.05, 0) is 31.5 Å². The minimum absolute atomic E-state index is 0.0234. The van der Waals surface area contributed by atoms with Crippen molar-refractivity contribution in [2.75, 3.05) is 24.4 Å². The number of ether oxygens (including phenoxy) is 1. The number of hydrogen-bond acceptors (Lipinski definition) is 5. The number of carbonyl (C=O) groups is 1. The summed E-state index contributed by atoms with van der Waals surface area (Å²) < 4.78 is 41.3. The maximum atomic E-state index is 13.4. The lowest BCUT2D eigenvalue weighted by Gasteiger charge is -2.18. The fourth-order valence-electron chi connectivity index (χ4n) is 2.49. The van der Waals surface area contributed by atoms with Crippen LogP contribution < -0.4 is 10.1 Å². The summed E-state index contributed by atoms with van der Waals surface area (Å²) in [7, 11) is -1.45. The van der Waals surface area contributed by atoms with Crippen LogP contribution in [-0.4, -0.2) is 43.9 Å². The molecule has 8 heteroatoms. The largest absolute Gasteiger partial charge is 0.496 e. The second-order valence-corrected chi connectivity index (χ2v) is 9.03. The van der Waals surface area contributed by atoms with Crippen LogP contribution in [0.3, 0.4) is 0 Å². The number of hydrogen-bond donors (Lipinski definition) is 1. The summed E-state index contributed by atoms with van der Waals surface area (Å²) in [6.07, 6.45) is 0.591. The molecule has 0 radical (unpaired) electrons. The lowest BCUT2D eigenvalue weighted by Crippen LogP contribution is -2.29. The van der Waals surface area contributed by atoms with E-state index in [0.717, 1.165) is 0 Å². The fraction of sp³-hybridized carbons (Fsp3) is 0.533. The number of halogens is 1. The average Bonchev–Trinajstić information content (AvgIpc) is 2.84. The van der Waals surface area contributed by atoms with E-state index in [2.05, 4.69) is 5.32 Å². The first kappa shape index (κ1) is 18.1. The Morgan fingerprint density at radius 1 is 1.52 bits per heavy atom. The molecule has 0 aromatic heterocycles. The van der Waals surface area contributed by atoms with Crippen molar-refractivity contribution in [3.8, 4) is 5.75 Å². The second-order valence-electron chi connectivity index (χ2n) is 5.51. The van der Waals surface area contributed by atoms with Gasteiger partial charge >= 0.3 is 0 Å². The van der Waals surface area contributed by atoms with Gasteiger partial charge in [-0.15, -0.1) is 11.8 Å². The van der Waals surface area contributed by atoms with E-state index in [-0.39, 0.29) is 28.4 Å². The van der Waals surface area contributed by atoms with Gasteiger partial charge in [-0.1, -0.05) is 0 Å². The highest BCUT2D eigenvalue weighted by atomic mass is 32.2. The van der Waals surface area contributed by atoms with E-state index in [1.165, 1.54) is 37.1 Å². The number of benzene rings is 1. The van der Waals surface area contributed by atoms with E-state index in [1.54, 1.807) is 6.92 Å². The number of amides is 1. The topological polar surface area (TPSA) is 72.5 Å². The summed E-state index contributed by atoms with van der Waals surface area (Å²) in [5.74, 6) is 0.420. The van der Waals surface area contributed by atoms with E-state index < -0.39 is 21.7 Å². The highest BCUT2D eigenvalue weighted by Crippen LogP contribution is 2.27. The van der Waals surface area contributed by atoms with Crippen molar-refractivity contribution in [3.05, 3.63) is 29.6 Å². The number of thioether (sulfide) groups is 1. The number of rotatable bonds is 6. The highest BCUT2D eigenvalue weighted by molar-refractivity contribution is 8.02. The van der Waals surface area contributed by atoms with Crippen LogP contribution in [0.5, 0.6) is 5.75 Å². The van der Waals surface area contributed by atoms with Gasteiger partial charge in [-0.25, -0.2) is 12.8 Å². The molecule has 1 amide bonds. The minimum atomic E-state index is -2.93. The van der Waals surface area contributed by atoms with E-state index in [9.17, 15) is 17.6 Å². The van der Waals surface area contributed by atoms with Gasteiger partial charge < -0.3 is 10.1 Å². The zero-order valence-corrected chi connectivity index (χ0v) is 14.7. The molecule has 1 aliphatic rings. The maximum Gasteiger partial charge on any atom is 0.230 e. The molecule has 0 saturated carbocycles. The molecule has 0 unspecified atom stereocenters. The van der Waals surface area contributed by atoms with Crippen LogP contribution in [0.4, 0.5) is 4.39 Å². The van der Waals surface area contributed by atoms with Gasteiger partial charge in [-0.2, -0.15) is 0 Å². The standard InChI is InChI=1S/C15H20FNO4S2/c1-10(13-7-11(16)3-4-14(13)21-2)17-15(18)8-22-12-5-6-23(19,20)9-12/h3-4,7,10,12H,5-6,8-9H2,1-2H3,(H,17,18)/t10-,12-/m0/s1. The molecule has 5 nitrogen and oxygen atoms in total. The van der Waals surface area contributed by atoms with Gasteiger partial charge in [0.05, 0.1) is 30.4 Å². The zero-order valence-electron chi connectivity index (χ0n) is 13.0. The Hall–Kier alpha value is -1.28. The first-order valence-electron chi connectivity index (χ1n) is 7.25. The molecule has 128 valence electrons. The summed E-state index contributed by atoms with van der Waals surface area (Å²) in [6, 6.07) is 3.75.